The number of ether oxygens (including phenoxy) is 1. The molecule has 30 heavy (non-hydrogen) atoms. The highest BCUT2D eigenvalue weighted by atomic mass is 35.5. The quantitative estimate of drug-likeness (QED) is 0.727. The second-order valence-corrected chi connectivity index (χ2v) is 10.0. The number of halogens is 2. The first-order valence-electron chi connectivity index (χ1n) is 9.53. The van der Waals surface area contributed by atoms with E-state index in [0.717, 1.165) is 0 Å². The van der Waals surface area contributed by atoms with Gasteiger partial charge in [0, 0.05) is 30.6 Å². The molecule has 0 saturated carbocycles. The van der Waals surface area contributed by atoms with Crippen LogP contribution in [-0.4, -0.2) is 51.5 Å². The molecule has 9 heteroatoms. The van der Waals surface area contributed by atoms with Crippen molar-refractivity contribution in [3.8, 4) is 0 Å². The van der Waals surface area contributed by atoms with Crippen molar-refractivity contribution >= 4 is 27.5 Å². The summed E-state index contributed by atoms with van der Waals surface area (Å²) in [5.41, 5.74) is -0.0107. The van der Waals surface area contributed by atoms with Crippen LogP contribution in [0.15, 0.2) is 47.4 Å². The van der Waals surface area contributed by atoms with Crippen molar-refractivity contribution in [1.29, 1.82) is 0 Å². The van der Waals surface area contributed by atoms with Crippen molar-refractivity contribution in [2.75, 3.05) is 32.8 Å². The standard InChI is InChI=1S/C21H24ClFN2O4S/c1-21(2,16-5-3-4-6-18(16)23)14-24-20(26)15-7-8-17(22)19(13-15)30(27,28)25-9-11-29-12-10-25/h3-8,13H,9-12,14H2,1-2H3,(H,24,26). The van der Waals surface area contributed by atoms with E-state index in [0.29, 0.717) is 18.8 Å². The second kappa shape index (κ2) is 9.01. The van der Waals surface area contributed by atoms with Crippen molar-refractivity contribution in [2.45, 2.75) is 24.2 Å². The van der Waals surface area contributed by atoms with E-state index < -0.39 is 21.3 Å². The molecular formula is C21H24ClFN2O4S. The molecule has 0 spiro atoms. The van der Waals surface area contributed by atoms with Crippen molar-refractivity contribution in [2.24, 2.45) is 0 Å². The number of hydrogen-bond acceptors (Lipinski definition) is 4. The Hall–Kier alpha value is -2.00. The predicted molar refractivity (Wildman–Crippen MR) is 113 cm³/mol. The maximum Gasteiger partial charge on any atom is 0.251 e. The monoisotopic (exact) mass is 454 g/mol. The zero-order valence-electron chi connectivity index (χ0n) is 16.8. The molecule has 0 bridgehead atoms. The number of amides is 1. The minimum absolute atomic E-state index is 0.0460. The van der Waals surface area contributed by atoms with Crippen molar-refractivity contribution in [3.05, 3.63) is 64.4 Å². The number of nitrogens with zero attached hydrogens (tertiary/aromatic N) is 1. The summed E-state index contributed by atoms with van der Waals surface area (Å²) in [6, 6.07) is 10.5. The lowest BCUT2D eigenvalue weighted by molar-refractivity contribution is 0.0730. The number of rotatable bonds is 6. The largest absolute Gasteiger partial charge is 0.379 e. The maximum atomic E-state index is 14.1. The zero-order chi connectivity index (χ0) is 21.9. The van der Waals surface area contributed by atoms with Gasteiger partial charge in [-0.3, -0.25) is 4.79 Å². The van der Waals surface area contributed by atoms with E-state index in [1.165, 1.54) is 28.6 Å². The van der Waals surface area contributed by atoms with Crippen LogP contribution in [-0.2, 0) is 20.2 Å². The van der Waals surface area contributed by atoms with Crippen LogP contribution in [0.4, 0.5) is 4.39 Å². The van der Waals surface area contributed by atoms with Gasteiger partial charge in [0.1, 0.15) is 10.7 Å². The SMILES string of the molecule is CC(C)(CNC(=O)c1ccc(Cl)c(S(=O)(=O)N2CCOCC2)c1)c1ccccc1F. The third-order valence-corrected chi connectivity index (χ3v) is 7.46. The van der Waals surface area contributed by atoms with E-state index in [-0.39, 0.29) is 40.9 Å². The van der Waals surface area contributed by atoms with Gasteiger partial charge in [-0.2, -0.15) is 4.31 Å². The average molecular weight is 455 g/mol. The average Bonchev–Trinajstić information content (AvgIpc) is 2.73. The molecule has 2 aromatic rings. The van der Waals surface area contributed by atoms with Crippen molar-refractivity contribution in [1.82, 2.24) is 9.62 Å². The Morgan fingerprint density at radius 2 is 1.87 bits per heavy atom. The Bertz CT molecular complexity index is 1040. The van der Waals surface area contributed by atoms with Crippen LogP contribution in [0.3, 0.4) is 0 Å². The smallest absolute Gasteiger partial charge is 0.251 e. The summed E-state index contributed by atoms with van der Waals surface area (Å²) in [7, 11) is -3.85. The highest BCUT2D eigenvalue weighted by molar-refractivity contribution is 7.89. The molecule has 1 heterocycles. The van der Waals surface area contributed by atoms with Crippen LogP contribution < -0.4 is 5.32 Å². The first kappa shape index (κ1) is 22.7. The van der Waals surface area contributed by atoms with Gasteiger partial charge < -0.3 is 10.1 Å². The van der Waals surface area contributed by atoms with Gasteiger partial charge in [-0.15, -0.1) is 0 Å². The molecule has 0 aliphatic carbocycles. The van der Waals surface area contributed by atoms with Gasteiger partial charge in [0.15, 0.2) is 0 Å². The summed E-state index contributed by atoms with van der Waals surface area (Å²) in [6.07, 6.45) is 0. The lowest BCUT2D eigenvalue weighted by Gasteiger charge is -2.27. The number of nitrogens with one attached hydrogen (secondary N) is 1. The zero-order valence-corrected chi connectivity index (χ0v) is 18.4. The highest BCUT2D eigenvalue weighted by Crippen LogP contribution is 2.27. The maximum absolute atomic E-state index is 14.1. The molecule has 0 radical (unpaired) electrons. The molecule has 1 amide bonds. The molecular weight excluding hydrogens is 431 g/mol. The summed E-state index contributed by atoms with van der Waals surface area (Å²) in [4.78, 5) is 12.6. The van der Waals surface area contributed by atoms with Gasteiger partial charge in [-0.05, 0) is 29.8 Å². The Kier molecular flexibility index (Phi) is 6.81. The Balaban J connectivity index is 1.79. The van der Waals surface area contributed by atoms with Crippen LogP contribution in [0.5, 0.6) is 0 Å². The van der Waals surface area contributed by atoms with E-state index >= 15 is 0 Å². The second-order valence-electron chi connectivity index (χ2n) is 7.71. The summed E-state index contributed by atoms with van der Waals surface area (Å²) in [6.45, 7) is 4.88. The fraction of sp³-hybridized carbons (Fsp3) is 0.381. The molecule has 0 aromatic heterocycles. The molecule has 1 N–H and O–H groups in total. The van der Waals surface area contributed by atoms with Gasteiger partial charge in [-0.25, -0.2) is 12.8 Å². The van der Waals surface area contributed by atoms with Crippen LogP contribution in [0.2, 0.25) is 5.02 Å². The molecule has 1 aliphatic heterocycles. The summed E-state index contributed by atoms with van der Waals surface area (Å²) in [5, 5.41) is 2.81. The molecule has 162 valence electrons. The number of morpholine rings is 1. The van der Waals surface area contributed by atoms with Crippen molar-refractivity contribution in [3.63, 3.8) is 0 Å². The molecule has 0 unspecified atom stereocenters. The molecule has 1 aliphatic rings. The van der Waals surface area contributed by atoms with E-state index in [9.17, 15) is 17.6 Å². The molecule has 6 nitrogen and oxygen atoms in total. The van der Waals surface area contributed by atoms with Gasteiger partial charge >= 0.3 is 0 Å². The number of hydrogen-bond donors (Lipinski definition) is 1. The van der Waals surface area contributed by atoms with Gasteiger partial charge in [0.25, 0.3) is 5.91 Å². The van der Waals surface area contributed by atoms with E-state index in [4.69, 9.17) is 16.3 Å². The summed E-state index contributed by atoms with van der Waals surface area (Å²) < 4.78 is 46.5. The lowest BCUT2D eigenvalue weighted by Crippen LogP contribution is -2.41. The molecule has 1 saturated heterocycles. The molecule has 1 fully saturated rings. The topological polar surface area (TPSA) is 75.7 Å². The Morgan fingerprint density at radius 1 is 1.20 bits per heavy atom. The van der Waals surface area contributed by atoms with Crippen LogP contribution >= 0.6 is 11.6 Å². The third-order valence-electron chi connectivity index (χ3n) is 5.08. The van der Waals surface area contributed by atoms with Crippen LogP contribution in [0.1, 0.15) is 29.8 Å². The first-order chi connectivity index (χ1) is 14.1. The normalized spacial score (nSPS) is 15.7. The van der Waals surface area contributed by atoms with Crippen LogP contribution in [0, 0.1) is 5.82 Å². The Labute approximate surface area is 181 Å². The third kappa shape index (κ3) is 4.83. The summed E-state index contributed by atoms with van der Waals surface area (Å²) in [5.74, 6) is -0.809. The van der Waals surface area contributed by atoms with Crippen molar-refractivity contribution < 1.29 is 22.3 Å². The molecule has 3 rings (SSSR count). The van der Waals surface area contributed by atoms with Gasteiger partial charge in [0.05, 0.1) is 18.2 Å². The van der Waals surface area contributed by atoms with E-state index in [2.05, 4.69) is 5.32 Å². The fourth-order valence-electron chi connectivity index (χ4n) is 3.28. The lowest BCUT2D eigenvalue weighted by atomic mass is 9.84. The number of benzene rings is 2. The van der Waals surface area contributed by atoms with Crippen LogP contribution in [0.25, 0.3) is 0 Å². The number of carbonyl (C=O) groups excluding carboxylic acids is 1. The molecule has 0 atom stereocenters. The highest BCUT2D eigenvalue weighted by Gasteiger charge is 2.30. The van der Waals surface area contributed by atoms with E-state index in [1.807, 2.05) is 13.8 Å². The minimum Gasteiger partial charge on any atom is -0.379 e. The van der Waals surface area contributed by atoms with Gasteiger partial charge in [0.2, 0.25) is 10.0 Å². The van der Waals surface area contributed by atoms with E-state index in [1.54, 1.807) is 18.2 Å². The predicted octanol–water partition coefficient (Wildman–Crippen LogP) is 3.21. The first-order valence-corrected chi connectivity index (χ1v) is 11.4. The number of carbonyl (C=O) groups is 1. The van der Waals surface area contributed by atoms with Gasteiger partial charge in [-0.1, -0.05) is 43.6 Å². The number of sulfonamides is 1. The molecule has 2 aromatic carbocycles. The Morgan fingerprint density at radius 3 is 2.53 bits per heavy atom. The minimum atomic E-state index is -3.85. The summed E-state index contributed by atoms with van der Waals surface area (Å²) >= 11 is 6.14. The fourth-order valence-corrected chi connectivity index (χ4v) is 5.19.